The molecule has 0 spiro atoms. The number of benzene rings is 1. The molecule has 0 bridgehead atoms. The molecule has 0 aliphatic heterocycles. The molecule has 3 rings (SSSR count). The normalized spacial score (nSPS) is 10.6. The predicted octanol–water partition coefficient (Wildman–Crippen LogP) is 2.53. The average molecular weight is 343 g/mol. The van der Waals surface area contributed by atoms with Crippen LogP contribution in [0, 0.1) is 13.8 Å². The SMILES string of the molecule is COc1ccc(NC(=O)Cc2ccc(C)s2)cc1-n1nnnc1C. The molecular formula is C16H17N5O2S. The molecular weight excluding hydrogens is 326 g/mol. The zero-order valence-electron chi connectivity index (χ0n) is 13.6. The molecule has 2 heterocycles. The molecule has 0 aliphatic carbocycles. The van der Waals surface area contributed by atoms with Crippen LogP contribution in [-0.2, 0) is 11.2 Å². The number of anilines is 1. The summed E-state index contributed by atoms with van der Waals surface area (Å²) in [6.45, 7) is 3.82. The second-order valence-electron chi connectivity index (χ2n) is 5.26. The Hall–Kier alpha value is -2.74. The van der Waals surface area contributed by atoms with Crippen LogP contribution in [0.5, 0.6) is 5.75 Å². The Morgan fingerprint density at radius 1 is 1.29 bits per heavy atom. The first kappa shape index (κ1) is 16.1. The van der Waals surface area contributed by atoms with Crippen LogP contribution < -0.4 is 10.1 Å². The number of aromatic nitrogens is 4. The van der Waals surface area contributed by atoms with Crippen LogP contribution in [0.25, 0.3) is 5.69 Å². The highest BCUT2D eigenvalue weighted by molar-refractivity contribution is 7.12. The molecule has 2 aromatic heterocycles. The number of rotatable bonds is 5. The lowest BCUT2D eigenvalue weighted by molar-refractivity contribution is -0.115. The summed E-state index contributed by atoms with van der Waals surface area (Å²) in [4.78, 5) is 14.5. The van der Waals surface area contributed by atoms with E-state index < -0.39 is 0 Å². The van der Waals surface area contributed by atoms with Gasteiger partial charge >= 0.3 is 0 Å². The molecule has 0 atom stereocenters. The third-order valence-corrected chi connectivity index (χ3v) is 4.45. The van der Waals surface area contributed by atoms with E-state index in [1.165, 1.54) is 4.88 Å². The molecule has 0 radical (unpaired) electrons. The molecule has 24 heavy (non-hydrogen) atoms. The maximum absolute atomic E-state index is 12.2. The van der Waals surface area contributed by atoms with Gasteiger partial charge in [0, 0.05) is 15.4 Å². The van der Waals surface area contributed by atoms with E-state index in [0.29, 0.717) is 29.4 Å². The van der Waals surface area contributed by atoms with Gasteiger partial charge in [-0.3, -0.25) is 4.79 Å². The summed E-state index contributed by atoms with van der Waals surface area (Å²) in [7, 11) is 1.58. The number of hydrogen-bond acceptors (Lipinski definition) is 6. The van der Waals surface area contributed by atoms with Gasteiger partial charge in [-0.25, -0.2) is 0 Å². The van der Waals surface area contributed by atoms with Gasteiger partial charge < -0.3 is 10.1 Å². The van der Waals surface area contributed by atoms with E-state index in [4.69, 9.17) is 4.74 Å². The lowest BCUT2D eigenvalue weighted by atomic mass is 10.2. The quantitative estimate of drug-likeness (QED) is 0.770. The van der Waals surface area contributed by atoms with Crippen molar-refractivity contribution in [3.8, 4) is 11.4 Å². The lowest BCUT2D eigenvalue weighted by Gasteiger charge is -2.11. The van der Waals surface area contributed by atoms with Crippen molar-refractivity contribution in [1.82, 2.24) is 20.2 Å². The minimum absolute atomic E-state index is 0.0681. The fourth-order valence-electron chi connectivity index (χ4n) is 2.33. The largest absolute Gasteiger partial charge is 0.494 e. The molecule has 3 aromatic rings. The summed E-state index contributed by atoms with van der Waals surface area (Å²) in [5.74, 6) is 1.18. The molecule has 8 heteroatoms. The van der Waals surface area contributed by atoms with Crippen LogP contribution >= 0.6 is 11.3 Å². The van der Waals surface area contributed by atoms with E-state index in [-0.39, 0.29) is 5.91 Å². The number of nitrogens with zero attached hydrogens (tertiary/aromatic N) is 4. The van der Waals surface area contributed by atoms with Crippen molar-refractivity contribution >= 4 is 22.9 Å². The maximum atomic E-state index is 12.2. The zero-order valence-corrected chi connectivity index (χ0v) is 14.4. The van der Waals surface area contributed by atoms with Gasteiger partial charge in [0.05, 0.1) is 13.5 Å². The third kappa shape index (κ3) is 3.43. The number of methoxy groups -OCH3 is 1. The average Bonchev–Trinajstić information content (AvgIpc) is 3.15. The summed E-state index contributed by atoms with van der Waals surface area (Å²) in [6, 6.07) is 9.35. The van der Waals surface area contributed by atoms with Gasteiger partial charge in [-0.15, -0.1) is 16.4 Å². The Labute approximate surface area is 143 Å². The Kier molecular flexibility index (Phi) is 4.57. The fraction of sp³-hybridized carbons (Fsp3) is 0.250. The van der Waals surface area contributed by atoms with Crippen molar-refractivity contribution in [3.05, 3.63) is 45.9 Å². The standard InChI is InChI=1S/C16H17N5O2S/c1-10-4-6-13(24-10)9-16(22)17-12-5-7-15(23-3)14(8-12)21-11(2)18-19-20-21/h4-8H,9H2,1-3H3,(H,17,22). The molecule has 7 nitrogen and oxygen atoms in total. The van der Waals surface area contributed by atoms with E-state index >= 15 is 0 Å². The van der Waals surface area contributed by atoms with Crippen LogP contribution in [0.4, 0.5) is 5.69 Å². The summed E-state index contributed by atoms with van der Waals surface area (Å²) in [6.07, 6.45) is 0.351. The molecule has 0 aliphatic rings. The van der Waals surface area contributed by atoms with Crippen molar-refractivity contribution in [2.75, 3.05) is 12.4 Å². The minimum Gasteiger partial charge on any atom is -0.494 e. The number of ether oxygens (including phenoxy) is 1. The van der Waals surface area contributed by atoms with E-state index in [1.807, 2.05) is 19.1 Å². The van der Waals surface area contributed by atoms with E-state index in [0.717, 1.165) is 4.88 Å². The zero-order chi connectivity index (χ0) is 17.1. The summed E-state index contributed by atoms with van der Waals surface area (Å²) in [5, 5.41) is 14.4. The molecule has 1 N–H and O–H groups in total. The van der Waals surface area contributed by atoms with Gasteiger partial charge in [0.2, 0.25) is 5.91 Å². The van der Waals surface area contributed by atoms with Gasteiger partial charge in [0.1, 0.15) is 11.4 Å². The minimum atomic E-state index is -0.0681. The van der Waals surface area contributed by atoms with Gasteiger partial charge in [0.15, 0.2) is 5.82 Å². The highest BCUT2D eigenvalue weighted by atomic mass is 32.1. The van der Waals surface area contributed by atoms with Gasteiger partial charge in [-0.2, -0.15) is 4.68 Å². The van der Waals surface area contributed by atoms with Crippen LogP contribution in [0.3, 0.4) is 0 Å². The van der Waals surface area contributed by atoms with Crippen LogP contribution in [-0.4, -0.2) is 33.2 Å². The van der Waals surface area contributed by atoms with Crippen molar-refractivity contribution in [2.45, 2.75) is 20.3 Å². The summed E-state index contributed by atoms with van der Waals surface area (Å²) >= 11 is 1.62. The third-order valence-electron chi connectivity index (χ3n) is 3.45. The number of carbonyl (C=O) groups is 1. The number of hydrogen-bond donors (Lipinski definition) is 1. The van der Waals surface area contributed by atoms with Gasteiger partial charge in [0.25, 0.3) is 0 Å². The van der Waals surface area contributed by atoms with Crippen molar-refractivity contribution in [2.24, 2.45) is 0 Å². The highest BCUT2D eigenvalue weighted by Crippen LogP contribution is 2.26. The van der Waals surface area contributed by atoms with E-state index in [9.17, 15) is 4.79 Å². The molecule has 0 saturated heterocycles. The monoisotopic (exact) mass is 343 g/mol. The smallest absolute Gasteiger partial charge is 0.229 e. The van der Waals surface area contributed by atoms with E-state index in [2.05, 4.69) is 20.8 Å². The number of amides is 1. The lowest BCUT2D eigenvalue weighted by Crippen LogP contribution is -2.14. The van der Waals surface area contributed by atoms with Crippen molar-refractivity contribution < 1.29 is 9.53 Å². The molecule has 0 fully saturated rings. The molecule has 0 unspecified atom stereocenters. The molecule has 1 amide bonds. The molecule has 0 saturated carbocycles. The van der Waals surface area contributed by atoms with Crippen LogP contribution in [0.15, 0.2) is 30.3 Å². The summed E-state index contributed by atoms with van der Waals surface area (Å²) in [5.41, 5.74) is 1.34. The first-order valence-corrected chi connectivity index (χ1v) is 8.17. The fourth-order valence-corrected chi connectivity index (χ4v) is 3.22. The molecule has 1 aromatic carbocycles. The topological polar surface area (TPSA) is 81.9 Å². The highest BCUT2D eigenvalue weighted by Gasteiger charge is 2.13. The number of carbonyl (C=O) groups excluding carboxylic acids is 1. The Bertz CT molecular complexity index is 871. The second kappa shape index (κ2) is 6.79. The Morgan fingerprint density at radius 2 is 2.12 bits per heavy atom. The number of nitrogens with one attached hydrogen (secondary N) is 1. The molecule has 124 valence electrons. The van der Waals surface area contributed by atoms with Crippen molar-refractivity contribution in [3.63, 3.8) is 0 Å². The number of thiophene rings is 1. The maximum Gasteiger partial charge on any atom is 0.229 e. The number of aryl methyl sites for hydroxylation is 2. The number of tetrazole rings is 1. The first-order valence-electron chi connectivity index (χ1n) is 7.35. The predicted molar refractivity (Wildman–Crippen MR) is 91.8 cm³/mol. The van der Waals surface area contributed by atoms with Gasteiger partial charge in [-0.05, 0) is 54.6 Å². The Balaban J connectivity index is 1.81. The summed E-state index contributed by atoms with van der Waals surface area (Å²) < 4.78 is 6.92. The second-order valence-corrected chi connectivity index (χ2v) is 6.63. The van der Waals surface area contributed by atoms with Crippen molar-refractivity contribution in [1.29, 1.82) is 0 Å². The van der Waals surface area contributed by atoms with Gasteiger partial charge in [-0.1, -0.05) is 0 Å². The Morgan fingerprint density at radius 3 is 2.75 bits per heavy atom. The van der Waals surface area contributed by atoms with Crippen LogP contribution in [0.2, 0.25) is 0 Å². The van der Waals surface area contributed by atoms with E-state index in [1.54, 1.807) is 48.3 Å². The van der Waals surface area contributed by atoms with Crippen LogP contribution in [0.1, 0.15) is 15.6 Å². The first-order chi connectivity index (χ1) is 11.6.